The second-order valence-corrected chi connectivity index (χ2v) is 5.46. The average Bonchev–Trinajstić information content (AvgIpc) is 2.69. The number of pyridine rings is 1. The van der Waals surface area contributed by atoms with Crippen molar-refractivity contribution in [1.29, 1.82) is 0 Å². The van der Waals surface area contributed by atoms with E-state index in [9.17, 15) is 0 Å². The molecule has 0 spiro atoms. The Morgan fingerprint density at radius 1 is 0.800 bits per heavy atom. The minimum Gasteiger partial charge on any atom is -0.276 e. The van der Waals surface area contributed by atoms with Gasteiger partial charge in [-0.2, -0.15) is 5.10 Å². The Balaban J connectivity index is 1.50. The summed E-state index contributed by atoms with van der Waals surface area (Å²) in [4.78, 5) is 13.2. The normalized spacial score (nSPS) is 11.0. The number of rotatable bonds is 4. The van der Waals surface area contributed by atoms with E-state index >= 15 is 0 Å². The van der Waals surface area contributed by atoms with Crippen LogP contribution in [0, 0.1) is 0 Å². The molecule has 0 aliphatic heterocycles. The molecule has 2 heterocycles. The summed E-state index contributed by atoms with van der Waals surface area (Å²) >= 11 is 0. The van der Waals surface area contributed by atoms with Crippen molar-refractivity contribution in [3.8, 4) is 11.4 Å². The zero-order valence-corrected chi connectivity index (χ0v) is 13.4. The first-order valence-electron chi connectivity index (χ1n) is 7.90. The van der Waals surface area contributed by atoms with Gasteiger partial charge < -0.3 is 0 Å². The van der Waals surface area contributed by atoms with E-state index in [-0.39, 0.29) is 0 Å². The molecule has 5 heteroatoms. The molecule has 25 heavy (non-hydrogen) atoms. The fraction of sp³-hybridized carbons (Fsp3) is 0. The lowest BCUT2D eigenvalue weighted by molar-refractivity contribution is 1.17. The topological polar surface area (TPSA) is 63.1 Å². The van der Waals surface area contributed by atoms with Gasteiger partial charge in [0.2, 0.25) is 0 Å². The largest absolute Gasteiger partial charge is 0.276 e. The molecule has 0 radical (unpaired) electrons. The van der Waals surface area contributed by atoms with Crippen LogP contribution in [0.5, 0.6) is 0 Å². The van der Waals surface area contributed by atoms with Gasteiger partial charge in [0.15, 0.2) is 5.82 Å². The van der Waals surface area contributed by atoms with Gasteiger partial charge in [0.05, 0.1) is 17.4 Å². The van der Waals surface area contributed by atoms with Crippen molar-refractivity contribution in [2.45, 2.75) is 0 Å². The lowest BCUT2D eigenvalue weighted by Crippen LogP contribution is -1.95. The summed E-state index contributed by atoms with van der Waals surface area (Å²) in [5, 5.41) is 5.34. The molecule has 4 aromatic rings. The average molecular weight is 325 g/mol. The number of benzene rings is 2. The summed E-state index contributed by atoms with van der Waals surface area (Å²) in [6.07, 6.45) is 6.97. The first-order chi connectivity index (χ1) is 12.4. The third-order valence-corrected chi connectivity index (χ3v) is 3.74. The Morgan fingerprint density at radius 2 is 1.60 bits per heavy atom. The first-order valence-corrected chi connectivity index (χ1v) is 7.90. The first kappa shape index (κ1) is 15.0. The number of nitrogens with one attached hydrogen (secondary N) is 1. The summed E-state index contributed by atoms with van der Waals surface area (Å²) < 4.78 is 0. The molecule has 0 atom stereocenters. The lowest BCUT2D eigenvalue weighted by Gasteiger charge is -2.04. The van der Waals surface area contributed by atoms with E-state index in [2.05, 4.69) is 25.5 Å². The number of anilines is 1. The molecule has 5 nitrogen and oxygen atoms in total. The van der Waals surface area contributed by atoms with Crippen LogP contribution >= 0.6 is 0 Å². The number of para-hydroxylation sites is 1. The predicted octanol–water partition coefficient (Wildman–Crippen LogP) is 4.14. The minimum atomic E-state index is 0.698. The van der Waals surface area contributed by atoms with Crippen LogP contribution in [-0.2, 0) is 0 Å². The van der Waals surface area contributed by atoms with Gasteiger partial charge in [-0.1, -0.05) is 48.5 Å². The highest BCUT2D eigenvalue weighted by Gasteiger charge is 2.01. The van der Waals surface area contributed by atoms with Gasteiger partial charge in [-0.25, -0.2) is 9.97 Å². The predicted molar refractivity (Wildman–Crippen MR) is 100 cm³/mol. The quantitative estimate of drug-likeness (QED) is 0.452. The fourth-order valence-electron chi connectivity index (χ4n) is 2.51. The molecule has 0 bridgehead atoms. The van der Waals surface area contributed by atoms with Crippen molar-refractivity contribution < 1.29 is 0 Å². The van der Waals surface area contributed by atoms with Crippen molar-refractivity contribution >= 4 is 22.8 Å². The third kappa shape index (κ3) is 3.35. The molecule has 2 aromatic carbocycles. The summed E-state index contributed by atoms with van der Waals surface area (Å²) in [5.74, 6) is 0.698. The fourth-order valence-corrected chi connectivity index (χ4v) is 2.51. The van der Waals surface area contributed by atoms with Gasteiger partial charge in [-0.15, -0.1) is 0 Å². The molecule has 0 unspecified atom stereocenters. The van der Waals surface area contributed by atoms with Gasteiger partial charge in [0.25, 0.3) is 0 Å². The molecule has 2 aromatic heterocycles. The van der Waals surface area contributed by atoms with Crippen LogP contribution in [0.4, 0.5) is 5.69 Å². The van der Waals surface area contributed by atoms with Crippen LogP contribution in [-0.4, -0.2) is 21.2 Å². The molecule has 120 valence electrons. The number of hydrazone groups is 1. The molecule has 0 amide bonds. The van der Waals surface area contributed by atoms with E-state index in [0.717, 1.165) is 27.7 Å². The van der Waals surface area contributed by atoms with Crippen molar-refractivity contribution in [1.82, 2.24) is 15.0 Å². The minimum absolute atomic E-state index is 0.698. The zero-order chi connectivity index (χ0) is 16.9. The number of hydrogen-bond acceptors (Lipinski definition) is 5. The highest BCUT2D eigenvalue weighted by molar-refractivity contribution is 5.90. The molecular weight excluding hydrogens is 310 g/mol. The van der Waals surface area contributed by atoms with Crippen LogP contribution < -0.4 is 5.43 Å². The molecule has 0 aliphatic rings. The SMILES string of the molecule is C(=N/Nc1cccc2cccnc12)/c1cnc(-c2ccccc2)nc1. The molecule has 0 aliphatic carbocycles. The number of hydrogen-bond donors (Lipinski definition) is 1. The lowest BCUT2D eigenvalue weighted by atomic mass is 10.2. The Bertz CT molecular complexity index is 1010. The Morgan fingerprint density at radius 3 is 2.44 bits per heavy atom. The van der Waals surface area contributed by atoms with Crippen LogP contribution in [0.25, 0.3) is 22.3 Å². The monoisotopic (exact) mass is 325 g/mol. The summed E-state index contributed by atoms with van der Waals surface area (Å²) in [6, 6.07) is 19.8. The summed E-state index contributed by atoms with van der Waals surface area (Å²) in [7, 11) is 0. The maximum atomic E-state index is 4.39. The van der Waals surface area contributed by atoms with E-state index in [1.807, 2.05) is 60.7 Å². The maximum Gasteiger partial charge on any atom is 0.159 e. The van der Waals surface area contributed by atoms with Gasteiger partial charge >= 0.3 is 0 Å². The molecule has 0 fully saturated rings. The smallest absolute Gasteiger partial charge is 0.159 e. The van der Waals surface area contributed by atoms with E-state index < -0.39 is 0 Å². The van der Waals surface area contributed by atoms with Crippen molar-refractivity contribution in [2.24, 2.45) is 5.10 Å². The van der Waals surface area contributed by atoms with Gasteiger partial charge in [-0.3, -0.25) is 10.4 Å². The van der Waals surface area contributed by atoms with Crippen LogP contribution in [0.2, 0.25) is 0 Å². The Hall–Kier alpha value is -3.60. The number of fused-ring (bicyclic) bond motifs is 1. The molecule has 1 N–H and O–H groups in total. The zero-order valence-electron chi connectivity index (χ0n) is 13.4. The summed E-state index contributed by atoms with van der Waals surface area (Å²) in [6.45, 7) is 0. The molecule has 0 saturated carbocycles. The molecule has 4 rings (SSSR count). The Kier molecular flexibility index (Phi) is 4.12. The third-order valence-electron chi connectivity index (χ3n) is 3.74. The van der Waals surface area contributed by atoms with E-state index in [1.165, 1.54) is 0 Å². The molecular formula is C20H15N5. The highest BCUT2D eigenvalue weighted by Crippen LogP contribution is 2.20. The number of aromatic nitrogens is 3. The van der Waals surface area contributed by atoms with E-state index in [0.29, 0.717) is 5.82 Å². The van der Waals surface area contributed by atoms with E-state index in [1.54, 1.807) is 24.8 Å². The maximum absolute atomic E-state index is 4.39. The number of nitrogens with zero attached hydrogens (tertiary/aromatic N) is 4. The van der Waals surface area contributed by atoms with Crippen LogP contribution in [0.15, 0.2) is 84.4 Å². The van der Waals surface area contributed by atoms with Crippen molar-refractivity contribution in [3.05, 3.63) is 84.8 Å². The van der Waals surface area contributed by atoms with E-state index in [4.69, 9.17) is 0 Å². The van der Waals surface area contributed by atoms with Gasteiger partial charge in [0.1, 0.15) is 0 Å². The molecule has 0 saturated heterocycles. The van der Waals surface area contributed by atoms with Gasteiger partial charge in [0, 0.05) is 35.1 Å². The second kappa shape index (κ2) is 6.88. The van der Waals surface area contributed by atoms with Crippen molar-refractivity contribution in [2.75, 3.05) is 5.43 Å². The summed E-state index contributed by atoms with van der Waals surface area (Å²) in [5.41, 5.74) is 6.59. The van der Waals surface area contributed by atoms with Crippen molar-refractivity contribution in [3.63, 3.8) is 0 Å². The van der Waals surface area contributed by atoms with Crippen LogP contribution in [0.3, 0.4) is 0 Å². The van der Waals surface area contributed by atoms with Gasteiger partial charge in [-0.05, 0) is 12.1 Å². The second-order valence-electron chi connectivity index (χ2n) is 5.46. The highest BCUT2D eigenvalue weighted by atomic mass is 15.3. The van der Waals surface area contributed by atoms with Crippen LogP contribution in [0.1, 0.15) is 5.56 Å². The standard InChI is InChI=1S/C20H15N5/c1-2-6-17(7-3-1)20-22-12-15(13-23-20)14-24-25-18-10-4-8-16-9-5-11-21-19(16)18/h1-14,25H/b24-14-. The Labute approximate surface area is 145 Å².